The maximum Gasteiger partial charge on any atom is 0.0477 e. The highest BCUT2D eigenvalue weighted by molar-refractivity contribution is 9.10. The van der Waals surface area contributed by atoms with Crippen LogP contribution >= 0.6 is 15.9 Å². The normalized spacial score (nSPS) is 27.1. The lowest BCUT2D eigenvalue weighted by atomic mass is 9.90. The van der Waals surface area contributed by atoms with Crippen LogP contribution in [0.1, 0.15) is 11.5 Å². The molecule has 0 saturated carbocycles. The van der Waals surface area contributed by atoms with Gasteiger partial charge in [0.25, 0.3) is 0 Å². The largest absolute Gasteiger partial charge is 0.396 e. The Balaban J connectivity index is 2.22. The summed E-state index contributed by atoms with van der Waals surface area (Å²) in [5.74, 6) is 0.849. The molecule has 3 heteroatoms. The second-order valence-electron chi connectivity index (χ2n) is 4.33. The van der Waals surface area contributed by atoms with E-state index in [0.29, 0.717) is 11.8 Å². The van der Waals surface area contributed by atoms with Crippen LogP contribution in [0.5, 0.6) is 0 Å². The maximum absolute atomic E-state index is 9.35. The van der Waals surface area contributed by atoms with Crippen LogP contribution in [0.15, 0.2) is 28.7 Å². The van der Waals surface area contributed by atoms with E-state index in [1.165, 1.54) is 5.56 Å². The molecule has 0 amide bonds. The first-order chi connectivity index (χ1) is 7.20. The van der Waals surface area contributed by atoms with Gasteiger partial charge < -0.3 is 10.0 Å². The molecule has 1 saturated heterocycles. The van der Waals surface area contributed by atoms with Crippen molar-refractivity contribution in [2.24, 2.45) is 5.92 Å². The SMILES string of the molecule is CN1C[C@@H](CO)[C@H](c2cccc(Br)c2)C1. The molecule has 0 aliphatic carbocycles. The number of likely N-dealkylation sites (tertiary alicyclic amines) is 1. The van der Waals surface area contributed by atoms with Gasteiger partial charge in [0.1, 0.15) is 0 Å². The topological polar surface area (TPSA) is 23.5 Å². The van der Waals surface area contributed by atoms with Crippen LogP contribution in [0, 0.1) is 5.92 Å². The first-order valence-electron chi connectivity index (χ1n) is 5.25. The Morgan fingerprint density at radius 1 is 1.47 bits per heavy atom. The van der Waals surface area contributed by atoms with Crippen LogP contribution in [-0.4, -0.2) is 36.8 Å². The van der Waals surface area contributed by atoms with Gasteiger partial charge in [0.05, 0.1) is 0 Å². The summed E-state index contributed by atoms with van der Waals surface area (Å²) in [5.41, 5.74) is 1.33. The van der Waals surface area contributed by atoms with Gasteiger partial charge in [-0.1, -0.05) is 28.1 Å². The average molecular weight is 270 g/mol. The summed E-state index contributed by atoms with van der Waals surface area (Å²) in [6, 6.07) is 8.41. The number of hydrogen-bond donors (Lipinski definition) is 1. The number of halogens is 1. The fourth-order valence-corrected chi connectivity index (χ4v) is 2.80. The molecular weight excluding hydrogens is 254 g/mol. The summed E-state index contributed by atoms with van der Waals surface area (Å²) in [4.78, 5) is 2.28. The van der Waals surface area contributed by atoms with Gasteiger partial charge in [-0.15, -0.1) is 0 Å². The van der Waals surface area contributed by atoms with Crippen LogP contribution in [-0.2, 0) is 0 Å². The molecule has 1 aromatic rings. The van der Waals surface area contributed by atoms with Crippen molar-refractivity contribution < 1.29 is 5.11 Å². The summed E-state index contributed by atoms with van der Waals surface area (Å²) in [5, 5.41) is 9.35. The minimum Gasteiger partial charge on any atom is -0.396 e. The number of aliphatic hydroxyl groups excluding tert-OH is 1. The second-order valence-corrected chi connectivity index (χ2v) is 5.24. The van der Waals surface area contributed by atoms with Crippen LogP contribution < -0.4 is 0 Å². The fourth-order valence-electron chi connectivity index (χ4n) is 2.39. The Labute approximate surface area is 99.0 Å². The highest BCUT2D eigenvalue weighted by Gasteiger charge is 2.31. The van der Waals surface area contributed by atoms with Crippen LogP contribution in [0.2, 0.25) is 0 Å². The van der Waals surface area contributed by atoms with E-state index < -0.39 is 0 Å². The summed E-state index contributed by atoms with van der Waals surface area (Å²) in [6.45, 7) is 2.32. The molecule has 0 radical (unpaired) electrons. The minimum absolute atomic E-state index is 0.279. The van der Waals surface area contributed by atoms with Gasteiger partial charge in [0.2, 0.25) is 0 Å². The molecule has 1 N–H and O–H groups in total. The van der Waals surface area contributed by atoms with Crippen LogP contribution in [0.25, 0.3) is 0 Å². The van der Waals surface area contributed by atoms with Gasteiger partial charge in [-0.25, -0.2) is 0 Å². The zero-order valence-electron chi connectivity index (χ0n) is 8.86. The van der Waals surface area contributed by atoms with Crippen molar-refractivity contribution in [1.82, 2.24) is 4.90 Å². The smallest absolute Gasteiger partial charge is 0.0477 e. The number of rotatable bonds is 2. The summed E-state index contributed by atoms with van der Waals surface area (Å²) < 4.78 is 1.12. The summed E-state index contributed by atoms with van der Waals surface area (Å²) >= 11 is 3.49. The van der Waals surface area contributed by atoms with Crippen LogP contribution in [0.4, 0.5) is 0 Å². The first kappa shape index (κ1) is 11.1. The molecule has 2 nitrogen and oxygen atoms in total. The lowest BCUT2D eigenvalue weighted by Crippen LogP contribution is -2.15. The number of hydrogen-bond acceptors (Lipinski definition) is 2. The lowest BCUT2D eigenvalue weighted by molar-refractivity contribution is 0.219. The molecule has 1 aliphatic rings. The quantitative estimate of drug-likeness (QED) is 0.889. The predicted octanol–water partition coefficient (Wildman–Crippen LogP) is 2.09. The van der Waals surface area contributed by atoms with Gasteiger partial charge in [0, 0.05) is 36.0 Å². The van der Waals surface area contributed by atoms with E-state index in [1.807, 2.05) is 6.07 Å². The molecule has 0 bridgehead atoms. The Morgan fingerprint density at radius 3 is 2.93 bits per heavy atom. The predicted molar refractivity (Wildman–Crippen MR) is 65.0 cm³/mol. The van der Waals surface area contributed by atoms with E-state index in [1.54, 1.807) is 0 Å². The molecule has 1 heterocycles. The molecule has 1 aromatic carbocycles. The van der Waals surface area contributed by atoms with Crippen molar-refractivity contribution in [3.8, 4) is 0 Å². The molecule has 15 heavy (non-hydrogen) atoms. The van der Waals surface area contributed by atoms with Gasteiger partial charge in [0.15, 0.2) is 0 Å². The second kappa shape index (κ2) is 4.64. The third kappa shape index (κ3) is 2.41. The van der Waals surface area contributed by atoms with Crippen molar-refractivity contribution in [2.45, 2.75) is 5.92 Å². The van der Waals surface area contributed by atoms with Crippen molar-refractivity contribution in [3.63, 3.8) is 0 Å². The number of aliphatic hydroxyl groups is 1. The standard InChI is InChI=1S/C12H16BrNO/c1-14-6-10(8-15)12(7-14)9-3-2-4-11(13)5-9/h2-5,10,12,15H,6-8H2,1H3/t10-,12-/m0/s1. The van der Waals surface area contributed by atoms with Gasteiger partial charge in [-0.3, -0.25) is 0 Å². The van der Waals surface area contributed by atoms with Gasteiger partial charge in [-0.05, 0) is 24.7 Å². The summed E-state index contributed by atoms with van der Waals surface area (Å²) in [7, 11) is 2.11. The molecule has 0 spiro atoms. The van der Waals surface area contributed by atoms with E-state index in [9.17, 15) is 5.11 Å². The molecule has 1 aliphatic heterocycles. The maximum atomic E-state index is 9.35. The zero-order chi connectivity index (χ0) is 10.8. The minimum atomic E-state index is 0.279. The van der Waals surface area contributed by atoms with E-state index in [4.69, 9.17) is 0 Å². The van der Waals surface area contributed by atoms with E-state index in [2.05, 4.69) is 46.1 Å². The molecule has 0 aromatic heterocycles. The molecule has 2 rings (SSSR count). The van der Waals surface area contributed by atoms with E-state index in [-0.39, 0.29) is 6.61 Å². The third-order valence-electron chi connectivity index (χ3n) is 3.13. The van der Waals surface area contributed by atoms with Crippen LogP contribution in [0.3, 0.4) is 0 Å². The van der Waals surface area contributed by atoms with E-state index in [0.717, 1.165) is 17.6 Å². The Kier molecular flexibility index (Phi) is 3.44. The molecular formula is C12H16BrNO. The highest BCUT2D eigenvalue weighted by atomic mass is 79.9. The van der Waals surface area contributed by atoms with Crippen molar-refractivity contribution in [3.05, 3.63) is 34.3 Å². The Hall–Kier alpha value is -0.380. The molecule has 82 valence electrons. The van der Waals surface area contributed by atoms with Gasteiger partial charge in [-0.2, -0.15) is 0 Å². The average Bonchev–Trinajstić information content (AvgIpc) is 2.59. The Bertz CT molecular complexity index is 342. The highest BCUT2D eigenvalue weighted by Crippen LogP contribution is 2.32. The van der Waals surface area contributed by atoms with Gasteiger partial charge >= 0.3 is 0 Å². The molecule has 1 fully saturated rings. The fraction of sp³-hybridized carbons (Fsp3) is 0.500. The van der Waals surface area contributed by atoms with Crippen molar-refractivity contribution >= 4 is 15.9 Å². The van der Waals surface area contributed by atoms with E-state index >= 15 is 0 Å². The van der Waals surface area contributed by atoms with Crippen molar-refractivity contribution in [1.29, 1.82) is 0 Å². The van der Waals surface area contributed by atoms with Crippen molar-refractivity contribution in [2.75, 3.05) is 26.7 Å². The third-order valence-corrected chi connectivity index (χ3v) is 3.63. The zero-order valence-corrected chi connectivity index (χ0v) is 10.4. The summed E-state index contributed by atoms with van der Waals surface area (Å²) in [6.07, 6.45) is 0. The molecule has 0 unspecified atom stereocenters. The molecule has 2 atom stereocenters. The number of likely N-dealkylation sites (N-methyl/N-ethyl adjacent to an activating group) is 1. The number of benzene rings is 1. The first-order valence-corrected chi connectivity index (χ1v) is 6.05. The Morgan fingerprint density at radius 2 is 2.27 bits per heavy atom. The monoisotopic (exact) mass is 269 g/mol. The number of nitrogens with zero attached hydrogens (tertiary/aromatic N) is 1. The lowest BCUT2D eigenvalue weighted by Gasteiger charge is -2.16.